The lowest BCUT2D eigenvalue weighted by molar-refractivity contribution is -0.149. The molecule has 0 aromatic rings. The van der Waals surface area contributed by atoms with Crippen molar-refractivity contribution in [3.63, 3.8) is 0 Å². The molecule has 1 aliphatic rings. The molecule has 1 aliphatic heterocycles. The minimum absolute atomic E-state index is 0.00790. The Balaban J connectivity index is 2.60. The number of rotatable bonds is 4. The fourth-order valence-electron chi connectivity index (χ4n) is 1.53. The highest BCUT2D eigenvalue weighted by Crippen LogP contribution is 2.01. The molecule has 1 saturated heterocycles. The van der Waals surface area contributed by atoms with Crippen LogP contribution in [0.4, 0.5) is 0 Å². The number of esters is 1. The predicted molar refractivity (Wildman–Crippen MR) is 57.0 cm³/mol. The van der Waals surface area contributed by atoms with E-state index in [1.165, 1.54) is 18.9 Å². The molecule has 1 unspecified atom stereocenters. The van der Waals surface area contributed by atoms with Gasteiger partial charge in [-0.3, -0.25) is 9.59 Å². The van der Waals surface area contributed by atoms with Crippen LogP contribution in [-0.4, -0.2) is 62.1 Å². The van der Waals surface area contributed by atoms with Gasteiger partial charge in [-0.1, -0.05) is 0 Å². The van der Waals surface area contributed by atoms with E-state index in [1.54, 1.807) is 0 Å². The molecule has 1 rings (SSSR count). The lowest BCUT2D eigenvalue weighted by atomic mass is 10.2. The number of carbonyl (C=O) groups is 3. The van der Waals surface area contributed by atoms with Crippen LogP contribution in [0.15, 0.2) is 0 Å². The fourth-order valence-corrected chi connectivity index (χ4v) is 1.53. The van der Waals surface area contributed by atoms with Crippen LogP contribution < -0.4 is 5.32 Å². The molecule has 1 heterocycles. The number of amides is 2. The molecule has 0 aliphatic carbocycles. The van der Waals surface area contributed by atoms with Gasteiger partial charge in [-0.15, -0.1) is 0 Å². The normalized spacial score (nSPS) is 17.5. The van der Waals surface area contributed by atoms with Gasteiger partial charge in [-0.25, -0.2) is 4.79 Å². The van der Waals surface area contributed by atoms with E-state index in [-0.39, 0.29) is 25.0 Å². The first kappa shape index (κ1) is 13.4. The number of morpholine rings is 1. The molecule has 1 atom stereocenters. The van der Waals surface area contributed by atoms with Gasteiger partial charge in [0.2, 0.25) is 11.8 Å². The van der Waals surface area contributed by atoms with Crippen molar-refractivity contribution in [2.45, 2.75) is 13.0 Å². The quantitative estimate of drug-likeness (QED) is 0.610. The molecule has 0 spiro atoms. The maximum Gasteiger partial charge on any atom is 0.330 e. The van der Waals surface area contributed by atoms with Crippen molar-refractivity contribution in [3.05, 3.63) is 0 Å². The summed E-state index contributed by atoms with van der Waals surface area (Å²) in [7, 11) is 1.23. The highest BCUT2D eigenvalue weighted by Gasteiger charge is 2.27. The van der Waals surface area contributed by atoms with Gasteiger partial charge in [0.05, 0.1) is 20.3 Å². The zero-order valence-electron chi connectivity index (χ0n) is 9.89. The molecule has 7 heteroatoms. The van der Waals surface area contributed by atoms with Gasteiger partial charge >= 0.3 is 5.97 Å². The Hall–Kier alpha value is -1.63. The number of hydrogen-bond donors (Lipinski definition) is 1. The third-order valence-electron chi connectivity index (χ3n) is 2.35. The predicted octanol–water partition coefficient (Wildman–Crippen LogP) is -1.48. The van der Waals surface area contributed by atoms with Gasteiger partial charge in [0, 0.05) is 13.5 Å². The molecule has 1 fully saturated rings. The number of nitrogens with one attached hydrogen (secondary N) is 1. The SMILES string of the molecule is COC(=O)C(CN1CCOCC1=O)NC(C)=O. The standard InChI is InChI=1S/C10H16N2O5/c1-7(13)11-8(10(15)16-2)5-12-3-4-17-6-9(12)14/h8H,3-6H2,1-2H3,(H,11,13). The summed E-state index contributed by atoms with van der Waals surface area (Å²) in [4.78, 5) is 35.3. The van der Waals surface area contributed by atoms with Crippen molar-refractivity contribution < 1.29 is 23.9 Å². The maximum absolute atomic E-state index is 11.5. The third-order valence-corrected chi connectivity index (χ3v) is 2.35. The topological polar surface area (TPSA) is 84.9 Å². The smallest absolute Gasteiger partial charge is 0.330 e. The van der Waals surface area contributed by atoms with Crippen LogP contribution in [0.1, 0.15) is 6.92 Å². The summed E-state index contributed by atoms with van der Waals surface area (Å²) in [5.41, 5.74) is 0. The van der Waals surface area contributed by atoms with E-state index < -0.39 is 12.0 Å². The summed E-state index contributed by atoms with van der Waals surface area (Å²) in [6.45, 7) is 2.26. The molecule has 2 amide bonds. The van der Waals surface area contributed by atoms with Crippen molar-refractivity contribution in [3.8, 4) is 0 Å². The average molecular weight is 244 g/mol. The lowest BCUT2D eigenvalue weighted by Crippen LogP contribution is -2.52. The third kappa shape index (κ3) is 4.03. The van der Waals surface area contributed by atoms with E-state index in [2.05, 4.69) is 10.1 Å². The van der Waals surface area contributed by atoms with E-state index in [9.17, 15) is 14.4 Å². The van der Waals surface area contributed by atoms with Gasteiger partial charge in [0.15, 0.2) is 0 Å². The number of ether oxygens (including phenoxy) is 2. The molecule has 96 valence electrons. The summed E-state index contributed by atoms with van der Waals surface area (Å²) in [5, 5.41) is 2.45. The first-order chi connectivity index (χ1) is 8.04. The summed E-state index contributed by atoms with van der Waals surface area (Å²) in [5.74, 6) is -1.11. The van der Waals surface area contributed by atoms with Gasteiger partial charge in [-0.05, 0) is 0 Å². The van der Waals surface area contributed by atoms with Crippen molar-refractivity contribution >= 4 is 17.8 Å². The largest absolute Gasteiger partial charge is 0.467 e. The molecular weight excluding hydrogens is 228 g/mol. The van der Waals surface area contributed by atoms with Crippen LogP contribution in [0.3, 0.4) is 0 Å². The van der Waals surface area contributed by atoms with Crippen LogP contribution >= 0.6 is 0 Å². The Labute approximate surface area is 99.0 Å². The van der Waals surface area contributed by atoms with Crippen molar-refractivity contribution in [1.29, 1.82) is 0 Å². The van der Waals surface area contributed by atoms with Crippen LogP contribution in [0.5, 0.6) is 0 Å². The first-order valence-electron chi connectivity index (χ1n) is 5.25. The number of nitrogens with zero attached hydrogens (tertiary/aromatic N) is 1. The minimum atomic E-state index is -0.834. The Morgan fingerprint density at radius 1 is 1.59 bits per heavy atom. The molecule has 0 radical (unpaired) electrons. The summed E-state index contributed by atoms with van der Waals surface area (Å²) >= 11 is 0. The molecule has 0 bridgehead atoms. The van der Waals surface area contributed by atoms with Crippen LogP contribution in [-0.2, 0) is 23.9 Å². The van der Waals surface area contributed by atoms with E-state index >= 15 is 0 Å². The van der Waals surface area contributed by atoms with Crippen LogP contribution in [0.25, 0.3) is 0 Å². The lowest BCUT2D eigenvalue weighted by Gasteiger charge is -2.29. The zero-order chi connectivity index (χ0) is 12.8. The molecule has 7 nitrogen and oxygen atoms in total. The maximum atomic E-state index is 11.5. The van der Waals surface area contributed by atoms with E-state index in [4.69, 9.17) is 4.74 Å². The van der Waals surface area contributed by atoms with Crippen molar-refractivity contribution in [1.82, 2.24) is 10.2 Å². The van der Waals surface area contributed by atoms with Crippen molar-refractivity contribution in [2.75, 3.05) is 33.4 Å². The van der Waals surface area contributed by atoms with Gasteiger partial charge < -0.3 is 19.7 Å². The zero-order valence-corrected chi connectivity index (χ0v) is 9.89. The number of carbonyl (C=O) groups excluding carboxylic acids is 3. The second-order valence-corrected chi connectivity index (χ2v) is 3.67. The number of methoxy groups -OCH3 is 1. The molecule has 17 heavy (non-hydrogen) atoms. The van der Waals surface area contributed by atoms with Gasteiger partial charge in [0.1, 0.15) is 12.6 Å². The second kappa shape index (κ2) is 6.19. The molecule has 1 N–H and O–H groups in total. The van der Waals surface area contributed by atoms with E-state index in [0.29, 0.717) is 13.2 Å². The van der Waals surface area contributed by atoms with Gasteiger partial charge in [0.25, 0.3) is 0 Å². The molecule has 0 aromatic carbocycles. The Bertz CT molecular complexity index is 318. The minimum Gasteiger partial charge on any atom is -0.467 e. The summed E-state index contributed by atoms with van der Waals surface area (Å²) in [6.07, 6.45) is 0. The Kier molecular flexibility index (Phi) is 4.89. The Morgan fingerprint density at radius 2 is 2.29 bits per heavy atom. The monoisotopic (exact) mass is 244 g/mol. The van der Waals surface area contributed by atoms with Gasteiger partial charge in [-0.2, -0.15) is 0 Å². The number of hydrogen-bond acceptors (Lipinski definition) is 5. The molecular formula is C10H16N2O5. The average Bonchev–Trinajstić information content (AvgIpc) is 2.29. The molecule has 0 saturated carbocycles. The Morgan fingerprint density at radius 3 is 2.82 bits per heavy atom. The fraction of sp³-hybridized carbons (Fsp3) is 0.700. The van der Waals surface area contributed by atoms with E-state index in [0.717, 1.165) is 0 Å². The highest BCUT2D eigenvalue weighted by molar-refractivity contribution is 5.84. The van der Waals surface area contributed by atoms with Crippen molar-refractivity contribution in [2.24, 2.45) is 0 Å². The summed E-state index contributed by atoms with van der Waals surface area (Å²) in [6, 6.07) is -0.834. The first-order valence-corrected chi connectivity index (χ1v) is 5.25. The van der Waals surface area contributed by atoms with E-state index in [1.807, 2.05) is 0 Å². The second-order valence-electron chi connectivity index (χ2n) is 3.67. The summed E-state index contributed by atoms with van der Waals surface area (Å²) < 4.78 is 9.53. The van der Waals surface area contributed by atoms with Crippen LogP contribution in [0, 0.1) is 0 Å². The van der Waals surface area contributed by atoms with Crippen LogP contribution in [0.2, 0.25) is 0 Å². The molecule has 0 aromatic heterocycles. The highest BCUT2D eigenvalue weighted by atomic mass is 16.5.